The monoisotopic (exact) mass is 198 g/mol. The number of thiazole rings is 1. The smallest absolute Gasteiger partial charge is 0.185 e. The third-order valence-corrected chi connectivity index (χ3v) is 3.53. The normalized spacial score (nSPS) is 22.6. The van der Waals surface area contributed by atoms with E-state index in [0.29, 0.717) is 0 Å². The molecule has 0 bridgehead atoms. The second kappa shape index (κ2) is 3.64. The van der Waals surface area contributed by atoms with Gasteiger partial charge in [-0.3, -0.25) is 0 Å². The lowest BCUT2D eigenvalue weighted by molar-refractivity contribution is 0.198. The van der Waals surface area contributed by atoms with Gasteiger partial charge in [-0.05, 0) is 12.8 Å². The number of rotatable bonds is 2. The molecule has 3 nitrogen and oxygen atoms in total. The van der Waals surface area contributed by atoms with Crippen molar-refractivity contribution >= 4 is 16.5 Å². The van der Waals surface area contributed by atoms with Crippen LogP contribution < -0.4 is 4.90 Å². The van der Waals surface area contributed by atoms with E-state index in [1.807, 2.05) is 6.20 Å². The molecule has 72 valence electrons. The summed E-state index contributed by atoms with van der Waals surface area (Å²) < 4.78 is 0. The van der Waals surface area contributed by atoms with Crippen molar-refractivity contribution in [3.63, 3.8) is 0 Å². The molecule has 1 fully saturated rings. The summed E-state index contributed by atoms with van der Waals surface area (Å²) >= 11 is 1.74. The van der Waals surface area contributed by atoms with Crippen molar-refractivity contribution in [1.29, 1.82) is 0 Å². The van der Waals surface area contributed by atoms with Gasteiger partial charge in [-0.2, -0.15) is 0 Å². The molecule has 2 heterocycles. The van der Waals surface area contributed by atoms with Crippen LogP contribution in [0.4, 0.5) is 5.13 Å². The molecule has 2 rings (SSSR count). The van der Waals surface area contributed by atoms with Crippen LogP contribution in [-0.2, 0) is 6.42 Å². The Morgan fingerprint density at radius 1 is 1.77 bits per heavy atom. The first-order chi connectivity index (χ1) is 6.29. The largest absolute Gasteiger partial charge is 0.391 e. The van der Waals surface area contributed by atoms with Crippen molar-refractivity contribution < 1.29 is 5.11 Å². The van der Waals surface area contributed by atoms with Crippen LogP contribution in [0, 0.1) is 0 Å². The number of aromatic nitrogens is 1. The van der Waals surface area contributed by atoms with Crippen LogP contribution >= 0.6 is 11.3 Å². The van der Waals surface area contributed by atoms with E-state index in [0.717, 1.165) is 31.1 Å². The van der Waals surface area contributed by atoms with Crippen LogP contribution in [0.3, 0.4) is 0 Å². The Bertz CT molecular complexity index is 287. The van der Waals surface area contributed by atoms with Gasteiger partial charge in [0.15, 0.2) is 5.13 Å². The van der Waals surface area contributed by atoms with Crippen molar-refractivity contribution in [3.05, 3.63) is 11.1 Å². The zero-order valence-corrected chi connectivity index (χ0v) is 8.55. The van der Waals surface area contributed by atoms with Crippen LogP contribution in [0.25, 0.3) is 0 Å². The fourth-order valence-electron chi connectivity index (χ4n) is 1.52. The second-order valence-electron chi connectivity index (χ2n) is 3.35. The molecule has 13 heavy (non-hydrogen) atoms. The highest BCUT2D eigenvalue weighted by Crippen LogP contribution is 2.25. The number of nitrogens with zero attached hydrogens (tertiary/aromatic N) is 2. The molecule has 1 atom stereocenters. The van der Waals surface area contributed by atoms with E-state index >= 15 is 0 Å². The molecule has 1 aliphatic rings. The highest BCUT2D eigenvalue weighted by atomic mass is 32.1. The summed E-state index contributed by atoms with van der Waals surface area (Å²) in [6.45, 7) is 3.82. The Morgan fingerprint density at radius 3 is 3.15 bits per heavy atom. The first-order valence-electron chi connectivity index (χ1n) is 4.67. The molecule has 1 aromatic rings. The van der Waals surface area contributed by atoms with E-state index in [1.165, 1.54) is 4.88 Å². The molecule has 0 radical (unpaired) electrons. The number of hydrogen-bond acceptors (Lipinski definition) is 4. The predicted molar refractivity (Wildman–Crippen MR) is 54.3 cm³/mol. The zero-order chi connectivity index (χ0) is 9.26. The summed E-state index contributed by atoms with van der Waals surface area (Å²) in [5, 5.41) is 10.4. The van der Waals surface area contributed by atoms with E-state index in [-0.39, 0.29) is 6.10 Å². The van der Waals surface area contributed by atoms with Crippen LogP contribution in [-0.4, -0.2) is 29.3 Å². The third-order valence-electron chi connectivity index (χ3n) is 2.32. The van der Waals surface area contributed by atoms with Crippen LogP contribution in [0.2, 0.25) is 0 Å². The summed E-state index contributed by atoms with van der Waals surface area (Å²) in [6, 6.07) is 0. The van der Waals surface area contributed by atoms with Crippen molar-refractivity contribution in [3.8, 4) is 0 Å². The van der Waals surface area contributed by atoms with Gasteiger partial charge in [-0.1, -0.05) is 6.92 Å². The number of aryl methyl sites for hydroxylation is 1. The van der Waals surface area contributed by atoms with E-state index in [2.05, 4.69) is 16.8 Å². The molecule has 4 heteroatoms. The van der Waals surface area contributed by atoms with Crippen LogP contribution in [0.1, 0.15) is 18.2 Å². The van der Waals surface area contributed by atoms with E-state index < -0.39 is 0 Å². The molecule has 0 aromatic carbocycles. The molecule has 0 unspecified atom stereocenters. The van der Waals surface area contributed by atoms with Crippen LogP contribution in [0.15, 0.2) is 6.20 Å². The zero-order valence-electron chi connectivity index (χ0n) is 7.73. The highest BCUT2D eigenvalue weighted by molar-refractivity contribution is 7.15. The Morgan fingerprint density at radius 2 is 2.62 bits per heavy atom. The SMILES string of the molecule is CCc1cnc(N2CC[C@@H](O)C2)s1. The molecule has 1 N–H and O–H groups in total. The van der Waals surface area contributed by atoms with Gasteiger partial charge < -0.3 is 10.0 Å². The van der Waals surface area contributed by atoms with Gasteiger partial charge in [0.05, 0.1) is 6.10 Å². The van der Waals surface area contributed by atoms with E-state index in [1.54, 1.807) is 11.3 Å². The average molecular weight is 198 g/mol. The summed E-state index contributed by atoms with van der Waals surface area (Å²) in [6.07, 6.45) is 3.70. The second-order valence-corrected chi connectivity index (χ2v) is 4.44. The number of aliphatic hydroxyl groups is 1. The minimum absolute atomic E-state index is 0.158. The van der Waals surface area contributed by atoms with Gasteiger partial charge in [0, 0.05) is 24.2 Å². The molecule has 0 spiro atoms. The maximum absolute atomic E-state index is 9.36. The Kier molecular flexibility index (Phi) is 2.51. The topological polar surface area (TPSA) is 36.4 Å². The molecule has 1 aromatic heterocycles. The van der Waals surface area contributed by atoms with Crippen molar-refractivity contribution in [2.75, 3.05) is 18.0 Å². The van der Waals surface area contributed by atoms with Gasteiger partial charge in [0.1, 0.15) is 0 Å². The van der Waals surface area contributed by atoms with Crippen molar-refractivity contribution in [2.45, 2.75) is 25.9 Å². The van der Waals surface area contributed by atoms with Crippen molar-refractivity contribution in [1.82, 2.24) is 4.98 Å². The fraction of sp³-hybridized carbons (Fsp3) is 0.667. The molecular weight excluding hydrogens is 184 g/mol. The van der Waals surface area contributed by atoms with E-state index in [9.17, 15) is 5.11 Å². The number of anilines is 1. The first kappa shape index (κ1) is 8.97. The number of aliphatic hydroxyl groups excluding tert-OH is 1. The van der Waals surface area contributed by atoms with Gasteiger partial charge in [0.25, 0.3) is 0 Å². The highest BCUT2D eigenvalue weighted by Gasteiger charge is 2.22. The first-order valence-corrected chi connectivity index (χ1v) is 5.49. The lowest BCUT2D eigenvalue weighted by Crippen LogP contribution is -2.20. The maximum Gasteiger partial charge on any atom is 0.185 e. The Balaban J connectivity index is 2.08. The fourth-order valence-corrected chi connectivity index (χ4v) is 2.41. The molecule has 0 saturated carbocycles. The third kappa shape index (κ3) is 1.84. The average Bonchev–Trinajstić information content (AvgIpc) is 2.71. The summed E-state index contributed by atoms with van der Waals surface area (Å²) in [7, 11) is 0. The predicted octanol–water partition coefficient (Wildman–Crippen LogP) is 1.28. The minimum atomic E-state index is -0.158. The van der Waals surface area contributed by atoms with Gasteiger partial charge in [0.2, 0.25) is 0 Å². The van der Waals surface area contributed by atoms with Crippen molar-refractivity contribution in [2.24, 2.45) is 0 Å². The Labute approximate surface area is 82.0 Å². The summed E-state index contributed by atoms with van der Waals surface area (Å²) in [5.74, 6) is 0. The molecule has 1 saturated heterocycles. The lowest BCUT2D eigenvalue weighted by atomic mass is 10.3. The minimum Gasteiger partial charge on any atom is -0.391 e. The van der Waals surface area contributed by atoms with Gasteiger partial charge in [-0.25, -0.2) is 4.98 Å². The summed E-state index contributed by atoms with van der Waals surface area (Å²) in [5.41, 5.74) is 0. The lowest BCUT2D eigenvalue weighted by Gasteiger charge is -2.12. The quantitative estimate of drug-likeness (QED) is 0.777. The molecular formula is C9H14N2OS. The maximum atomic E-state index is 9.36. The van der Waals surface area contributed by atoms with E-state index in [4.69, 9.17) is 0 Å². The number of β-amino-alcohol motifs (C(OH)–C–C–N with tert-alkyl or cyclic N) is 1. The van der Waals surface area contributed by atoms with Gasteiger partial charge in [-0.15, -0.1) is 11.3 Å². The number of hydrogen-bond donors (Lipinski definition) is 1. The molecule has 0 amide bonds. The van der Waals surface area contributed by atoms with Crippen LogP contribution in [0.5, 0.6) is 0 Å². The Hall–Kier alpha value is -0.610. The summed E-state index contributed by atoms with van der Waals surface area (Å²) in [4.78, 5) is 7.81. The molecule has 1 aliphatic heterocycles. The molecule has 0 aliphatic carbocycles. The van der Waals surface area contributed by atoms with Gasteiger partial charge >= 0.3 is 0 Å². The standard InChI is InChI=1S/C9H14N2OS/c1-2-8-5-10-9(13-8)11-4-3-7(12)6-11/h5,7,12H,2-4,6H2,1H3/t7-/m1/s1.